The van der Waals surface area contributed by atoms with Gasteiger partial charge in [-0.25, -0.2) is 9.59 Å². The lowest BCUT2D eigenvalue weighted by atomic mass is 9.97. The van der Waals surface area contributed by atoms with E-state index in [1.807, 2.05) is 0 Å². The van der Waals surface area contributed by atoms with Crippen molar-refractivity contribution in [2.24, 2.45) is 0 Å². The van der Waals surface area contributed by atoms with Crippen LogP contribution in [0.25, 0.3) is 0 Å². The number of ether oxygens (including phenoxy) is 2. The Balaban J connectivity index is 1.92. The first-order chi connectivity index (χ1) is 13.3. The molecule has 0 bridgehead atoms. The minimum Gasteiger partial charge on any atom is -0.459 e. The highest BCUT2D eigenvalue weighted by Crippen LogP contribution is 2.20. The third kappa shape index (κ3) is 6.11. The van der Waals surface area contributed by atoms with Crippen molar-refractivity contribution in [1.29, 1.82) is 0 Å². The topological polar surface area (TPSA) is 97.5 Å². The molecule has 0 spiro atoms. The van der Waals surface area contributed by atoms with Crippen LogP contribution in [0.15, 0.2) is 0 Å². The van der Waals surface area contributed by atoms with Crippen LogP contribution in [-0.2, 0) is 14.3 Å². The summed E-state index contributed by atoms with van der Waals surface area (Å²) in [4.78, 5) is 39.6. The number of hydrogen-bond acceptors (Lipinski definition) is 5. The highest BCUT2D eigenvalue weighted by Gasteiger charge is 2.25. The van der Waals surface area contributed by atoms with Crippen molar-refractivity contribution in [3.05, 3.63) is 22.5 Å². The Bertz CT molecular complexity index is 700. The maximum atomic E-state index is 12.4. The van der Waals surface area contributed by atoms with Gasteiger partial charge in [-0.3, -0.25) is 4.79 Å². The van der Waals surface area contributed by atoms with E-state index in [-0.39, 0.29) is 30.4 Å². The quantitative estimate of drug-likeness (QED) is 0.721. The first-order valence-corrected chi connectivity index (χ1v) is 10.2. The normalized spacial score (nSPS) is 15.6. The molecule has 7 nitrogen and oxygen atoms in total. The molecule has 1 heterocycles. The molecule has 7 heteroatoms. The van der Waals surface area contributed by atoms with Crippen LogP contribution in [-0.4, -0.2) is 41.6 Å². The molecule has 0 radical (unpaired) electrons. The number of esters is 2. The predicted molar refractivity (Wildman–Crippen MR) is 105 cm³/mol. The molecule has 1 aliphatic rings. The third-order valence-electron chi connectivity index (χ3n) is 4.99. The molecule has 1 aromatic heterocycles. The van der Waals surface area contributed by atoms with Gasteiger partial charge in [0.15, 0.2) is 6.61 Å². The van der Waals surface area contributed by atoms with Crippen LogP contribution in [0.3, 0.4) is 0 Å². The molecule has 28 heavy (non-hydrogen) atoms. The fraction of sp³-hybridized carbons (Fsp3) is 0.667. The van der Waals surface area contributed by atoms with E-state index < -0.39 is 11.9 Å². The summed E-state index contributed by atoms with van der Waals surface area (Å²) in [5.74, 6) is -1.43. The number of H-pyrrole nitrogens is 1. The van der Waals surface area contributed by atoms with Crippen molar-refractivity contribution >= 4 is 17.8 Å². The van der Waals surface area contributed by atoms with Gasteiger partial charge in [0.2, 0.25) is 0 Å². The number of aromatic nitrogens is 1. The van der Waals surface area contributed by atoms with Crippen LogP contribution in [0.4, 0.5) is 0 Å². The Labute approximate surface area is 166 Å². The van der Waals surface area contributed by atoms with Gasteiger partial charge in [-0.1, -0.05) is 32.1 Å². The summed E-state index contributed by atoms with van der Waals surface area (Å²) in [6.45, 7) is 6.55. The summed E-state index contributed by atoms with van der Waals surface area (Å²) < 4.78 is 10.4. The molecule has 0 aromatic carbocycles. The Morgan fingerprint density at radius 2 is 1.64 bits per heavy atom. The zero-order chi connectivity index (χ0) is 20.7. The monoisotopic (exact) mass is 392 g/mol. The molecule has 1 aliphatic carbocycles. The molecule has 1 aromatic rings. The Hall–Kier alpha value is -2.31. The lowest BCUT2D eigenvalue weighted by Crippen LogP contribution is -2.38. The first kappa shape index (κ1) is 22.0. The van der Waals surface area contributed by atoms with E-state index in [4.69, 9.17) is 9.47 Å². The number of nitrogens with one attached hydrogen (secondary N) is 2. The zero-order valence-corrected chi connectivity index (χ0v) is 17.4. The number of rotatable bonds is 6. The minimum absolute atomic E-state index is 0.151. The molecule has 1 saturated carbocycles. The van der Waals surface area contributed by atoms with E-state index in [1.54, 1.807) is 27.7 Å². The fourth-order valence-electron chi connectivity index (χ4n) is 3.61. The van der Waals surface area contributed by atoms with Crippen LogP contribution in [0.2, 0.25) is 0 Å². The molecule has 0 aliphatic heterocycles. The van der Waals surface area contributed by atoms with Crippen molar-refractivity contribution < 1.29 is 23.9 Å². The molecule has 1 fully saturated rings. The SMILES string of the molecule is Cc1[nH]c(C(=O)OCC(=O)NC2CCCCCCC2)c(C)c1C(=O)OC(C)C. The number of carbonyl (C=O) groups excluding carboxylic acids is 3. The van der Waals surface area contributed by atoms with Gasteiger partial charge in [-0.05, 0) is 46.1 Å². The van der Waals surface area contributed by atoms with Gasteiger partial charge in [0, 0.05) is 11.7 Å². The number of carbonyl (C=O) groups is 3. The smallest absolute Gasteiger partial charge is 0.355 e. The van der Waals surface area contributed by atoms with E-state index in [1.165, 1.54) is 19.3 Å². The first-order valence-electron chi connectivity index (χ1n) is 10.2. The van der Waals surface area contributed by atoms with Crippen molar-refractivity contribution in [3.63, 3.8) is 0 Å². The third-order valence-corrected chi connectivity index (χ3v) is 4.99. The van der Waals surface area contributed by atoms with E-state index in [2.05, 4.69) is 10.3 Å². The lowest BCUT2D eigenvalue weighted by molar-refractivity contribution is -0.125. The standard InChI is InChI=1S/C21H32N2O5/c1-13(2)28-20(25)18-14(3)19(22-15(18)4)21(26)27-12-17(24)23-16-10-8-6-5-7-9-11-16/h13,16,22H,5-12H2,1-4H3,(H,23,24). The number of aromatic amines is 1. The average Bonchev–Trinajstić information content (AvgIpc) is 2.89. The Morgan fingerprint density at radius 3 is 2.25 bits per heavy atom. The number of amides is 1. The second kappa shape index (κ2) is 10.3. The van der Waals surface area contributed by atoms with Crippen LogP contribution >= 0.6 is 0 Å². The second-order valence-corrected chi connectivity index (χ2v) is 7.76. The zero-order valence-electron chi connectivity index (χ0n) is 17.4. The van der Waals surface area contributed by atoms with Crippen molar-refractivity contribution in [3.8, 4) is 0 Å². The van der Waals surface area contributed by atoms with Crippen LogP contribution in [0.1, 0.15) is 90.9 Å². The highest BCUT2D eigenvalue weighted by atomic mass is 16.5. The summed E-state index contributed by atoms with van der Waals surface area (Å²) >= 11 is 0. The van der Waals surface area contributed by atoms with Gasteiger partial charge in [-0.2, -0.15) is 0 Å². The number of hydrogen-bond donors (Lipinski definition) is 2. The molecule has 2 N–H and O–H groups in total. The van der Waals surface area contributed by atoms with Gasteiger partial charge >= 0.3 is 11.9 Å². The fourth-order valence-corrected chi connectivity index (χ4v) is 3.61. The van der Waals surface area contributed by atoms with E-state index in [9.17, 15) is 14.4 Å². The number of aryl methyl sites for hydroxylation is 1. The summed E-state index contributed by atoms with van der Waals surface area (Å²) in [5.41, 5.74) is 1.51. The van der Waals surface area contributed by atoms with Gasteiger partial charge in [0.05, 0.1) is 11.7 Å². The molecule has 0 unspecified atom stereocenters. The predicted octanol–water partition coefficient (Wildman–Crippen LogP) is 3.58. The van der Waals surface area contributed by atoms with Crippen LogP contribution in [0.5, 0.6) is 0 Å². The van der Waals surface area contributed by atoms with Crippen LogP contribution < -0.4 is 5.32 Å². The van der Waals surface area contributed by atoms with Gasteiger partial charge in [0.25, 0.3) is 5.91 Å². The molecular weight excluding hydrogens is 360 g/mol. The Morgan fingerprint density at radius 1 is 1.04 bits per heavy atom. The van der Waals surface area contributed by atoms with Crippen molar-refractivity contribution in [1.82, 2.24) is 10.3 Å². The maximum Gasteiger partial charge on any atom is 0.355 e. The van der Waals surface area contributed by atoms with E-state index in [0.29, 0.717) is 16.8 Å². The van der Waals surface area contributed by atoms with Crippen LogP contribution in [0, 0.1) is 13.8 Å². The largest absolute Gasteiger partial charge is 0.459 e. The molecular formula is C21H32N2O5. The summed E-state index contributed by atoms with van der Waals surface area (Å²) in [6.07, 6.45) is 7.57. The van der Waals surface area contributed by atoms with Gasteiger partial charge in [0.1, 0.15) is 5.69 Å². The second-order valence-electron chi connectivity index (χ2n) is 7.76. The summed E-state index contributed by atoms with van der Waals surface area (Å²) in [6, 6.07) is 0.151. The van der Waals surface area contributed by atoms with Crippen molar-refractivity contribution in [2.75, 3.05) is 6.61 Å². The lowest BCUT2D eigenvalue weighted by Gasteiger charge is -2.20. The van der Waals surface area contributed by atoms with E-state index >= 15 is 0 Å². The maximum absolute atomic E-state index is 12.4. The van der Waals surface area contributed by atoms with Crippen molar-refractivity contribution in [2.45, 2.75) is 84.8 Å². The summed E-state index contributed by atoms with van der Waals surface area (Å²) in [5, 5.41) is 2.96. The molecule has 0 saturated heterocycles. The highest BCUT2D eigenvalue weighted by molar-refractivity contribution is 5.99. The average molecular weight is 392 g/mol. The van der Waals surface area contributed by atoms with Gasteiger partial charge < -0.3 is 19.8 Å². The molecule has 156 valence electrons. The summed E-state index contributed by atoms with van der Waals surface area (Å²) in [7, 11) is 0. The van der Waals surface area contributed by atoms with E-state index in [0.717, 1.165) is 25.7 Å². The minimum atomic E-state index is -0.656. The molecule has 1 amide bonds. The molecule has 0 atom stereocenters. The molecule has 2 rings (SSSR count). The Kier molecular flexibility index (Phi) is 8.08. The van der Waals surface area contributed by atoms with Gasteiger partial charge in [-0.15, -0.1) is 0 Å².